The van der Waals surface area contributed by atoms with Crippen LogP contribution in [0.4, 0.5) is 0 Å². The molecule has 0 bridgehead atoms. The maximum atomic E-state index is 0. The second-order valence-corrected chi connectivity index (χ2v) is 0. The van der Waals surface area contributed by atoms with E-state index in [1.807, 2.05) is 0 Å². The van der Waals surface area contributed by atoms with Crippen LogP contribution in [-0.2, 0) is 26.2 Å². The summed E-state index contributed by atoms with van der Waals surface area (Å²) in [5.74, 6) is 0. The predicted octanol–water partition coefficient (Wildman–Crippen LogP) is -3.66. The van der Waals surface area contributed by atoms with Crippen molar-refractivity contribution in [3.8, 4) is 0 Å². The molecular weight excluding hydrogens is 166 g/mol. The maximum absolute atomic E-state index is 0. The third kappa shape index (κ3) is 34.3. The molecule has 0 aromatic rings. The summed E-state index contributed by atoms with van der Waals surface area (Å²) < 4.78 is 0. The Morgan fingerprint density at radius 3 is 0.600 bits per heavy atom. The van der Waals surface area contributed by atoms with Crippen LogP contribution in [0.1, 0.15) is 0 Å². The summed E-state index contributed by atoms with van der Waals surface area (Å²) in [6, 6.07) is 0. The van der Waals surface area contributed by atoms with E-state index >= 15 is 0 Å². The van der Waals surface area contributed by atoms with Gasteiger partial charge in [-0.05, 0) is 0 Å². The van der Waals surface area contributed by atoms with Crippen molar-refractivity contribution in [1.29, 1.82) is 0 Å². The summed E-state index contributed by atoms with van der Waals surface area (Å²) in [7, 11) is 0. The standard InChI is InChI=1S/Al.3H2O.Zr.3H/h;3*1H2;;;;. The molecule has 5 heteroatoms. The SMILES string of the molecule is O.O.O.[AlH3].[Zr]. The molecule has 3 nitrogen and oxygen atoms in total. The van der Waals surface area contributed by atoms with Gasteiger partial charge in [0.1, 0.15) is 0 Å². The van der Waals surface area contributed by atoms with Crippen molar-refractivity contribution in [3.63, 3.8) is 0 Å². The molecule has 0 aliphatic rings. The summed E-state index contributed by atoms with van der Waals surface area (Å²) >= 11 is 0. The minimum atomic E-state index is 0. The Hall–Kier alpha value is 1.30. The van der Waals surface area contributed by atoms with E-state index < -0.39 is 0 Å². The Morgan fingerprint density at radius 1 is 0.600 bits per heavy atom. The van der Waals surface area contributed by atoms with E-state index in [0.717, 1.165) is 0 Å². The average Bonchev–Trinajstić information content (AvgIpc) is 0. The first-order valence-corrected chi connectivity index (χ1v) is 0. The molecule has 0 atom stereocenters. The van der Waals surface area contributed by atoms with Gasteiger partial charge in [-0.3, -0.25) is 0 Å². The number of hydrogen-bond acceptors (Lipinski definition) is 0. The Kier molecular flexibility index (Phi) is 1220. The quantitative estimate of drug-likeness (QED) is 0.339. The Bertz CT molecular complexity index is 6.85. The Balaban J connectivity index is 0. The third-order valence-corrected chi connectivity index (χ3v) is 0. The van der Waals surface area contributed by atoms with Crippen LogP contribution < -0.4 is 0 Å². The molecule has 0 fully saturated rings. The maximum Gasteiger partial charge on any atom is 0.187 e. The van der Waals surface area contributed by atoms with Gasteiger partial charge in [-0.1, -0.05) is 0 Å². The zero-order valence-corrected chi connectivity index (χ0v) is 4.46. The minimum Gasteiger partial charge on any atom is -0.412 e. The molecule has 0 radical (unpaired) electrons. The van der Waals surface area contributed by atoms with Crippen LogP contribution in [-0.4, -0.2) is 33.8 Å². The zero-order valence-electron chi connectivity index (χ0n) is 2.00. The first kappa shape index (κ1) is 105. The molecule has 0 saturated carbocycles. The molecule has 6 N–H and O–H groups in total. The van der Waals surface area contributed by atoms with E-state index in [0.29, 0.717) is 0 Å². The van der Waals surface area contributed by atoms with Crippen molar-refractivity contribution >= 4 is 17.4 Å². The van der Waals surface area contributed by atoms with Crippen LogP contribution in [0.25, 0.3) is 0 Å². The van der Waals surface area contributed by atoms with Crippen molar-refractivity contribution in [1.82, 2.24) is 0 Å². The van der Waals surface area contributed by atoms with Crippen LogP contribution in [0, 0.1) is 0 Å². The second-order valence-electron chi connectivity index (χ2n) is 0. The van der Waals surface area contributed by atoms with Crippen molar-refractivity contribution in [2.45, 2.75) is 0 Å². The van der Waals surface area contributed by atoms with Gasteiger partial charge in [0.25, 0.3) is 0 Å². The van der Waals surface area contributed by atoms with Gasteiger partial charge in [-0.2, -0.15) is 0 Å². The Morgan fingerprint density at radius 2 is 0.600 bits per heavy atom. The normalized spacial score (nSPS) is 0. The fourth-order valence-electron chi connectivity index (χ4n) is 0. The molecule has 0 saturated heterocycles. The first-order valence-electron chi connectivity index (χ1n) is 0. The van der Waals surface area contributed by atoms with Crippen LogP contribution >= 0.6 is 0 Å². The largest absolute Gasteiger partial charge is 0.412 e. The van der Waals surface area contributed by atoms with Gasteiger partial charge in [0.05, 0.1) is 0 Å². The van der Waals surface area contributed by atoms with Crippen LogP contribution in [0.2, 0.25) is 0 Å². The van der Waals surface area contributed by atoms with E-state index in [1.54, 1.807) is 0 Å². The zero-order chi connectivity index (χ0) is 0. The fourth-order valence-corrected chi connectivity index (χ4v) is 0. The van der Waals surface area contributed by atoms with Gasteiger partial charge >= 0.3 is 0 Å². The second kappa shape index (κ2) is 58.2. The van der Waals surface area contributed by atoms with Crippen molar-refractivity contribution in [2.75, 3.05) is 0 Å². The molecule has 0 aliphatic heterocycles. The van der Waals surface area contributed by atoms with E-state index in [4.69, 9.17) is 0 Å². The molecule has 0 aromatic heterocycles. The third-order valence-electron chi connectivity index (χ3n) is 0. The first-order chi connectivity index (χ1) is 0. The van der Waals surface area contributed by atoms with Crippen LogP contribution in [0.15, 0.2) is 0 Å². The van der Waals surface area contributed by atoms with Gasteiger partial charge in [-0.25, -0.2) is 0 Å². The summed E-state index contributed by atoms with van der Waals surface area (Å²) in [4.78, 5) is 0. The van der Waals surface area contributed by atoms with Gasteiger partial charge in [-0.15, -0.1) is 0 Å². The molecular formula is H9AlO3Zr. The van der Waals surface area contributed by atoms with Crippen molar-refractivity contribution in [3.05, 3.63) is 0 Å². The fraction of sp³-hybridized carbons (Fsp3) is 0. The topological polar surface area (TPSA) is 94.5 Å². The number of hydrogen-bond donors (Lipinski definition) is 0. The smallest absolute Gasteiger partial charge is 0.187 e. The summed E-state index contributed by atoms with van der Waals surface area (Å²) in [6.45, 7) is 0. The van der Waals surface area contributed by atoms with E-state index in [2.05, 4.69) is 0 Å². The Labute approximate surface area is 59.9 Å². The van der Waals surface area contributed by atoms with Crippen molar-refractivity contribution < 1.29 is 42.6 Å². The van der Waals surface area contributed by atoms with Gasteiger partial charge < -0.3 is 16.4 Å². The van der Waals surface area contributed by atoms with Crippen LogP contribution in [0.5, 0.6) is 0 Å². The van der Waals surface area contributed by atoms with Gasteiger partial charge in [0, 0.05) is 26.2 Å². The van der Waals surface area contributed by atoms with E-state index in [1.165, 1.54) is 0 Å². The molecule has 34 valence electrons. The van der Waals surface area contributed by atoms with E-state index in [-0.39, 0.29) is 60.0 Å². The van der Waals surface area contributed by atoms with Gasteiger partial charge in [0.15, 0.2) is 17.4 Å². The molecule has 0 rings (SSSR count). The van der Waals surface area contributed by atoms with E-state index in [9.17, 15) is 0 Å². The number of rotatable bonds is 0. The molecule has 0 unspecified atom stereocenters. The molecule has 0 aromatic carbocycles. The molecule has 5 heavy (non-hydrogen) atoms. The summed E-state index contributed by atoms with van der Waals surface area (Å²) in [5, 5.41) is 0. The minimum absolute atomic E-state index is 0. The molecule has 0 spiro atoms. The van der Waals surface area contributed by atoms with Crippen LogP contribution in [0.3, 0.4) is 0 Å². The summed E-state index contributed by atoms with van der Waals surface area (Å²) in [5.41, 5.74) is 0. The molecule has 0 amide bonds. The molecule has 0 aliphatic carbocycles. The monoisotopic (exact) mass is 174 g/mol. The average molecular weight is 175 g/mol. The predicted molar refractivity (Wildman–Crippen MR) is 20.8 cm³/mol. The molecule has 0 heterocycles. The van der Waals surface area contributed by atoms with Gasteiger partial charge in [0.2, 0.25) is 0 Å². The summed E-state index contributed by atoms with van der Waals surface area (Å²) in [6.07, 6.45) is 0. The van der Waals surface area contributed by atoms with Crippen molar-refractivity contribution in [2.24, 2.45) is 0 Å².